The Morgan fingerprint density at radius 3 is 3.11 bits per heavy atom. The molecule has 2 N–H and O–H groups in total. The minimum absolute atomic E-state index is 0.249. The Labute approximate surface area is 57.6 Å². The number of hydrogen-bond acceptors (Lipinski definition) is 4. The topological polar surface area (TPSA) is 52.0 Å². The summed E-state index contributed by atoms with van der Waals surface area (Å²) in [7, 11) is 0. The summed E-state index contributed by atoms with van der Waals surface area (Å²) >= 11 is 1.68. The molecule has 0 saturated carbocycles. The lowest BCUT2D eigenvalue weighted by atomic mass is 10.6. The third kappa shape index (κ3) is 1.64. The normalized spacial score (nSPS) is 9.89. The lowest BCUT2D eigenvalue weighted by Crippen LogP contribution is -1.80. The Balaban J connectivity index is 2.61. The second kappa shape index (κ2) is 2.77. The van der Waals surface area contributed by atoms with E-state index >= 15 is 0 Å². The average Bonchev–Trinajstić information content (AvgIpc) is 2.17. The summed E-state index contributed by atoms with van der Waals surface area (Å²) in [4.78, 5) is 3.73. The van der Waals surface area contributed by atoms with E-state index in [1.165, 1.54) is 0 Å². The zero-order valence-electron chi connectivity index (χ0n) is 5.13. The average molecular weight is 144 g/mol. The summed E-state index contributed by atoms with van der Waals surface area (Å²) in [5, 5.41) is 0. The first kappa shape index (κ1) is 6.48. The highest BCUT2D eigenvalue weighted by Crippen LogP contribution is 2.10. The fraction of sp³-hybridized carbons (Fsp3) is 0.400. The molecular formula is C5H8N2OS. The van der Waals surface area contributed by atoms with Crippen LogP contribution in [0.5, 0.6) is 0 Å². The van der Waals surface area contributed by atoms with E-state index in [1.54, 1.807) is 18.0 Å². The Hall–Kier alpha value is -0.640. The van der Waals surface area contributed by atoms with Crippen molar-refractivity contribution in [2.45, 2.75) is 5.75 Å². The van der Waals surface area contributed by atoms with Crippen LogP contribution in [0.2, 0.25) is 0 Å². The van der Waals surface area contributed by atoms with E-state index < -0.39 is 0 Å². The van der Waals surface area contributed by atoms with Crippen LogP contribution >= 0.6 is 11.8 Å². The van der Waals surface area contributed by atoms with Crippen molar-refractivity contribution in [2.24, 2.45) is 0 Å². The minimum Gasteiger partial charge on any atom is -0.428 e. The maximum Gasteiger partial charge on any atom is 0.292 e. The summed E-state index contributed by atoms with van der Waals surface area (Å²) in [6.45, 7) is 0. The zero-order chi connectivity index (χ0) is 6.69. The van der Waals surface area contributed by atoms with Crippen molar-refractivity contribution in [1.82, 2.24) is 4.98 Å². The van der Waals surface area contributed by atoms with Gasteiger partial charge in [0.25, 0.3) is 6.01 Å². The molecule has 1 rings (SSSR count). The molecule has 0 saturated heterocycles. The highest BCUT2D eigenvalue weighted by Gasteiger charge is 1.96. The third-order valence-electron chi connectivity index (χ3n) is 0.858. The Kier molecular flexibility index (Phi) is 2.00. The van der Waals surface area contributed by atoms with Gasteiger partial charge in [-0.25, -0.2) is 4.98 Å². The summed E-state index contributed by atoms with van der Waals surface area (Å²) in [6, 6.07) is 0.249. The highest BCUT2D eigenvalue weighted by atomic mass is 32.2. The zero-order valence-corrected chi connectivity index (χ0v) is 5.94. The summed E-state index contributed by atoms with van der Waals surface area (Å²) < 4.78 is 4.97. The number of anilines is 1. The second-order valence-electron chi connectivity index (χ2n) is 1.60. The molecule has 1 aromatic rings. The van der Waals surface area contributed by atoms with Crippen molar-refractivity contribution < 1.29 is 4.42 Å². The van der Waals surface area contributed by atoms with Crippen molar-refractivity contribution in [3.8, 4) is 0 Å². The molecule has 0 amide bonds. The van der Waals surface area contributed by atoms with Gasteiger partial charge < -0.3 is 10.2 Å². The summed E-state index contributed by atoms with van der Waals surface area (Å²) in [6.07, 6.45) is 3.64. The molecule has 0 aliphatic rings. The first-order chi connectivity index (χ1) is 4.33. The molecule has 0 aromatic carbocycles. The standard InChI is InChI=1S/C5H8N2OS/c1-9-3-4-2-7-5(6)8-4/h2H,3H2,1H3,(H2,6,7). The number of oxazole rings is 1. The maximum atomic E-state index is 5.22. The van der Waals surface area contributed by atoms with Gasteiger partial charge in [0.2, 0.25) is 0 Å². The highest BCUT2D eigenvalue weighted by molar-refractivity contribution is 7.97. The fourth-order valence-electron chi connectivity index (χ4n) is 0.532. The molecule has 0 unspecified atom stereocenters. The molecule has 50 valence electrons. The van der Waals surface area contributed by atoms with Crippen LogP contribution in [0.1, 0.15) is 5.76 Å². The van der Waals surface area contributed by atoms with Gasteiger partial charge in [-0.15, -0.1) is 0 Å². The van der Waals surface area contributed by atoms with Gasteiger partial charge in [0.15, 0.2) is 0 Å². The summed E-state index contributed by atoms with van der Waals surface area (Å²) in [5.41, 5.74) is 5.22. The quantitative estimate of drug-likeness (QED) is 0.675. The van der Waals surface area contributed by atoms with Gasteiger partial charge in [-0.1, -0.05) is 0 Å². The number of nitrogen functional groups attached to an aromatic ring is 1. The van der Waals surface area contributed by atoms with Crippen LogP contribution in [0, 0.1) is 0 Å². The van der Waals surface area contributed by atoms with Crippen molar-refractivity contribution >= 4 is 17.8 Å². The van der Waals surface area contributed by atoms with E-state index in [2.05, 4.69) is 4.98 Å². The van der Waals surface area contributed by atoms with E-state index in [0.717, 1.165) is 11.5 Å². The SMILES string of the molecule is CSCc1cnc(N)o1. The van der Waals surface area contributed by atoms with Gasteiger partial charge in [0.05, 0.1) is 11.9 Å². The molecule has 4 heteroatoms. The van der Waals surface area contributed by atoms with Gasteiger partial charge in [0.1, 0.15) is 5.76 Å². The fourth-order valence-corrected chi connectivity index (χ4v) is 0.950. The number of hydrogen-bond donors (Lipinski definition) is 1. The van der Waals surface area contributed by atoms with Crippen LogP contribution in [-0.4, -0.2) is 11.2 Å². The molecule has 9 heavy (non-hydrogen) atoms. The molecule has 0 aliphatic heterocycles. The van der Waals surface area contributed by atoms with Crippen LogP contribution in [0.25, 0.3) is 0 Å². The Morgan fingerprint density at radius 1 is 1.89 bits per heavy atom. The van der Waals surface area contributed by atoms with Crippen LogP contribution in [0.3, 0.4) is 0 Å². The van der Waals surface area contributed by atoms with E-state index in [-0.39, 0.29) is 6.01 Å². The second-order valence-corrected chi connectivity index (χ2v) is 2.46. The number of thioether (sulfide) groups is 1. The number of rotatable bonds is 2. The predicted octanol–water partition coefficient (Wildman–Crippen LogP) is 1.12. The lowest BCUT2D eigenvalue weighted by molar-refractivity contribution is 0.544. The van der Waals surface area contributed by atoms with Crippen LogP contribution in [0.15, 0.2) is 10.6 Å². The van der Waals surface area contributed by atoms with E-state index in [4.69, 9.17) is 10.2 Å². The largest absolute Gasteiger partial charge is 0.428 e. The molecule has 0 fully saturated rings. The van der Waals surface area contributed by atoms with Crippen molar-refractivity contribution in [1.29, 1.82) is 0 Å². The smallest absolute Gasteiger partial charge is 0.292 e. The first-order valence-electron chi connectivity index (χ1n) is 2.52. The van der Waals surface area contributed by atoms with E-state index in [9.17, 15) is 0 Å². The Morgan fingerprint density at radius 2 is 2.67 bits per heavy atom. The van der Waals surface area contributed by atoms with Crippen molar-refractivity contribution in [3.05, 3.63) is 12.0 Å². The molecule has 0 atom stereocenters. The van der Waals surface area contributed by atoms with Gasteiger partial charge >= 0.3 is 0 Å². The van der Waals surface area contributed by atoms with Crippen molar-refractivity contribution in [3.63, 3.8) is 0 Å². The monoisotopic (exact) mass is 144 g/mol. The molecule has 1 aromatic heterocycles. The minimum atomic E-state index is 0.249. The molecule has 0 aliphatic carbocycles. The molecule has 0 bridgehead atoms. The number of nitrogens with two attached hydrogens (primary N) is 1. The number of nitrogens with zero attached hydrogens (tertiary/aromatic N) is 1. The molecular weight excluding hydrogens is 136 g/mol. The third-order valence-corrected chi connectivity index (χ3v) is 1.43. The van der Waals surface area contributed by atoms with Gasteiger partial charge in [-0.3, -0.25) is 0 Å². The predicted molar refractivity (Wildman–Crippen MR) is 38.1 cm³/mol. The van der Waals surface area contributed by atoms with E-state index in [1.807, 2.05) is 6.26 Å². The van der Waals surface area contributed by atoms with Crippen LogP contribution in [0.4, 0.5) is 6.01 Å². The van der Waals surface area contributed by atoms with E-state index in [0.29, 0.717) is 0 Å². The maximum absolute atomic E-state index is 5.22. The molecule has 0 radical (unpaired) electrons. The van der Waals surface area contributed by atoms with Gasteiger partial charge in [-0.05, 0) is 6.26 Å². The molecule has 1 heterocycles. The Bertz CT molecular complexity index is 187. The molecule has 0 spiro atoms. The number of aromatic nitrogens is 1. The first-order valence-corrected chi connectivity index (χ1v) is 3.91. The summed E-state index contributed by atoms with van der Waals surface area (Å²) in [5.74, 6) is 1.67. The molecule has 3 nitrogen and oxygen atoms in total. The van der Waals surface area contributed by atoms with Crippen LogP contribution in [-0.2, 0) is 5.75 Å². The van der Waals surface area contributed by atoms with Gasteiger partial charge in [-0.2, -0.15) is 11.8 Å². The van der Waals surface area contributed by atoms with Crippen molar-refractivity contribution in [2.75, 3.05) is 12.0 Å². The lowest BCUT2D eigenvalue weighted by Gasteiger charge is -1.85. The van der Waals surface area contributed by atoms with Crippen LogP contribution < -0.4 is 5.73 Å². The van der Waals surface area contributed by atoms with Gasteiger partial charge in [0, 0.05) is 0 Å².